The molecule has 1 aliphatic rings. The van der Waals surface area contributed by atoms with Crippen LogP contribution in [0.5, 0.6) is 0 Å². The first-order valence-corrected chi connectivity index (χ1v) is 8.28. The molecule has 4 nitrogen and oxygen atoms in total. The molecule has 1 amide bonds. The number of carbonyl (C=O) groups excluding carboxylic acids is 1. The summed E-state index contributed by atoms with van der Waals surface area (Å²) < 4.78 is 0. The van der Waals surface area contributed by atoms with Crippen LogP contribution >= 0.6 is 11.3 Å². The standard InChI is InChI=1S/C16H23N3OS/c1-11(2)16(4,10-17)18-15(20)9-19-7-5-14-13(12(19)3)6-8-21-14/h6,8,11-12H,5,7,9H2,1-4H3,(H,18,20). The van der Waals surface area contributed by atoms with Crippen LogP contribution in [0.4, 0.5) is 0 Å². The van der Waals surface area contributed by atoms with Crippen molar-refractivity contribution < 1.29 is 4.79 Å². The van der Waals surface area contributed by atoms with Crippen LogP contribution in [0, 0.1) is 17.2 Å². The fourth-order valence-corrected chi connectivity index (χ4v) is 3.56. The van der Waals surface area contributed by atoms with Crippen LogP contribution in [-0.4, -0.2) is 29.4 Å². The largest absolute Gasteiger partial charge is 0.337 e. The molecular formula is C16H23N3OS. The Kier molecular flexibility index (Phi) is 4.70. The van der Waals surface area contributed by atoms with Crippen molar-refractivity contribution in [1.82, 2.24) is 10.2 Å². The number of rotatable bonds is 4. The van der Waals surface area contributed by atoms with Gasteiger partial charge >= 0.3 is 0 Å². The predicted molar refractivity (Wildman–Crippen MR) is 85.0 cm³/mol. The average molecular weight is 305 g/mol. The van der Waals surface area contributed by atoms with Gasteiger partial charge in [-0.3, -0.25) is 9.69 Å². The molecule has 0 spiro atoms. The number of carbonyl (C=O) groups is 1. The Hall–Kier alpha value is -1.38. The number of thiophene rings is 1. The van der Waals surface area contributed by atoms with Gasteiger partial charge in [-0.05, 0) is 43.2 Å². The van der Waals surface area contributed by atoms with Crippen LogP contribution < -0.4 is 5.32 Å². The maximum Gasteiger partial charge on any atom is 0.235 e. The SMILES string of the molecule is CC1c2ccsc2CCN1CC(=O)NC(C)(C#N)C(C)C. The van der Waals surface area contributed by atoms with E-state index in [1.807, 2.05) is 13.8 Å². The van der Waals surface area contributed by atoms with Crippen molar-refractivity contribution in [3.05, 3.63) is 21.9 Å². The zero-order valence-electron chi connectivity index (χ0n) is 13.1. The van der Waals surface area contributed by atoms with E-state index in [1.165, 1.54) is 10.4 Å². The molecule has 0 aliphatic carbocycles. The minimum atomic E-state index is -0.802. The quantitative estimate of drug-likeness (QED) is 0.930. The zero-order valence-corrected chi connectivity index (χ0v) is 14.0. The summed E-state index contributed by atoms with van der Waals surface area (Å²) in [5, 5.41) is 14.3. The molecule has 2 unspecified atom stereocenters. The molecule has 2 heterocycles. The highest BCUT2D eigenvalue weighted by atomic mass is 32.1. The Morgan fingerprint density at radius 2 is 2.38 bits per heavy atom. The summed E-state index contributed by atoms with van der Waals surface area (Å²) in [4.78, 5) is 15.9. The van der Waals surface area contributed by atoms with E-state index < -0.39 is 5.54 Å². The Morgan fingerprint density at radius 3 is 3.00 bits per heavy atom. The molecule has 1 aromatic heterocycles. The van der Waals surface area contributed by atoms with Crippen molar-refractivity contribution in [3.8, 4) is 6.07 Å². The first-order chi connectivity index (χ1) is 9.87. The molecule has 0 bridgehead atoms. The van der Waals surface area contributed by atoms with Gasteiger partial charge in [-0.1, -0.05) is 13.8 Å². The van der Waals surface area contributed by atoms with Crippen molar-refractivity contribution >= 4 is 17.2 Å². The van der Waals surface area contributed by atoms with Gasteiger partial charge in [0.25, 0.3) is 0 Å². The van der Waals surface area contributed by atoms with Crippen LogP contribution in [-0.2, 0) is 11.2 Å². The summed E-state index contributed by atoms with van der Waals surface area (Å²) in [6.45, 7) is 9.07. The predicted octanol–water partition coefficient (Wildman–Crippen LogP) is 2.72. The zero-order chi connectivity index (χ0) is 15.6. The average Bonchev–Trinajstić information content (AvgIpc) is 2.90. The van der Waals surface area contributed by atoms with Gasteiger partial charge in [0, 0.05) is 17.5 Å². The molecule has 2 rings (SSSR count). The highest BCUT2D eigenvalue weighted by Crippen LogP contribution is 2.32. The molecule has 2 atom stereocenters. The van der Waals surface area contributed by atoms with Gasteiger partial charge in [-0.2, -0.15) is 5.26 Å². The van der Waals surface area contributed by atoms with Gasteiger partial charge in [-0.25, -0.2) is 0 Å². The highest BCUT2D eigenvalue weighted by molar-refractivity contribution is 7.10. The van der Waals surface area contributed by atoms with Crippen molar-refractivity contribution in [2.24, 2.45) is 5.92 Å². The van der Waals surface area contributed by atoms with Crippen LogP contribution in [0.1, 0.15) is 44.2 Å². The first-order valence-electron chi connectivity index (χ1n) is 7.40. The van der Waals surface area contributed by atoms with Gasteiger partial charge in [-0.15, -0.1) is 11.3 Å². The summed E-state index contributed by atoms with van der Waals surface area (Å²) in [5.41, 5.74) is 0.537. The van der Waals surface area contributed by atoms with E-state index in [1.54, 1.807) is 18.3 Å². The number of nitriles is 1. The number of nitrogens with one attached hydrogen (secondary N) is 1. The number of hydrogen-bond acceptors (Lipinski definition) is 4. The van der Waals surface area contributed by atoms with E-state index in [2.05, 4.69) is 34.7 Å². The number of nitrogens with zero attached hydrogens (tertiary/aromatic N) is 2. The molecule has 5 heteroatoms. The Balaban J connectivity index is 2.00. The lowest BCUT2D eigenvalue weighted by molar-refractivity contribution is -0.124. The van der Waals surface area contributed by atoms with Gasteiger partial charge < -0.3 is 5.32 Å². The van der Waals surface area contributed by atoms with E-state index in [0.29, 0.717) is 6.54 Å². The lowest BCUT2D eigenvalue weighted by Crippen LogP contribution is -2.52. The Morgan fingerprint density at radius 1 is 1.67 bits per heavy atom. The fourth-order valence-electron chi connectivity index (χ4n) is 2.59. The molecule has 0 saturated heterocycles. The summed E-state index contributed by atoms with van der Waals surface area (Å²) in [6.07, 6.45) is 1.00. The normalized spacial score (nSPS) is 21.4. The second kappa shape index (κ2) is 6.17. The van der Waals surface area contributed by atoms with E-state index in [-0.39, 0.29) is 17.9 Å². The molecule has 1 aromatic rings. The summed E-state index contributed by atoms with van der Waals surface area (Å²) >= 11 is 1.80. The Labute approximate surface area is 130 Å². The summed E-state index contributed by atoms with van der Waals surface area (Å²) in [6, 6.07) is 4.64. The third kappa shape index (κ3) is 3.28. The number of fused-ring (bicyclic) bond motifs is 1. The molecule has 1 N–H and O–H groups in total. The Bertz CT molecular complexity index is 560. The molecule has 21 heavy (non-hydrogen) atoms. The molecule has 1 aliphatic heterocycles. The summed E-state index contributed by atoms with van der Waals surface area (Å²) in [7, 11) is 0. The smallest absolute Gasteiger partial charge is 0.235 e. The lowest BCUT2D eigenvalue weighted by Gasteiger charge is -2.34. The minimum Gasteiger partial charge on any atom is -0.337 e. The van der Waals surface area contributed by atoms with Crippen LogP contribution in [0.15, 0.2) is 11.4 Å². The molecule has 114 valence electrons. The lowest BCUT2D eigenvalue weighted by atomic mass is 9.90. The van der Waals surface area contributed by atoms with Gasteiger partial charge in [0.15, 0.2) is 0 Å². The molecule has 0 fully saturated rings. The van der Waals surface area contributed by atoms with Gasteiger partial charge in [0.05, 0.1) is 12.6 Å². The number of hydrogen-bond donors (Lipinski definition) is 1. The van der Waals surface area contributed by atoms with Crippen molar-refractivity contribution in [2.75, 3.05) is 13.1 Å². The number of amides is 1. The van der Waals surface area contributed by atoms with Gasteiger partial charge in [0.1, 0.15) is 5.54 Å². The summed E-state index contributed by atoms with van der Waals surface area (Å²) in [5.74, 6) is 0.00647. The molecule has 0 saturated carbocycles. The third-order valence-electron chi connectivity index (χ3n) is 4.54. The second-order valence-electron chi connectivity index (χ2n) is 6.21. The maximum atomic E-state index is 12.3. The first kappa shape index (κ1) is 16.0. The molecule has 0 aromatic carbocycles. The van der Waals surface area contributed by atoms with Crippen molar-refractivity contribution in [1.29, 1.82) is 5.26 Å². The van der Waals surface area contributed by atoms with E-state index in [4.69, 9.17) is 0 Å². The van der Waals surface area contributed by atoms with Crippen molar-refractivity contribution in [2.45, 2.75) is 45.7 Å². The highest BCUT2D eigenvalue weighted by Gasteiger charge is 2.32. The van der Waals surface area contributed by atoms with E-state index in [9.17, 15) is 10.1 Å². The maximum absolute atomic E-state index is 12.3. The van der Waals surface area contributed by atoms with Crippen molar-refractivity contribution in [3.63, 3.8) is 0 Å². The van der Waals surface area contributed by atoms with Crippen LogP contribution in [0.2, 0.25) is 0 Å². The second-order valence-corrected chi connectivity index (χ2v) is 7.21. The van der Waals surface area contributed by atoms with E-state index in [0.717, 1.165) is 13.0 Å². The van der Waals surface area contributed by atoms with E-state index >= 15 is 0 Å². The minimum absolute atomic E-state index is 0.0710. The third-order valence-corrected chi connectivity index (χ3v) is 5.53. The van der Waals surface area contributed by atoms with Crippen LogP contribution in [0.3, 0.4) is 0 Å². The van der Waals surface area contributed by atoms with Gasteiger partial charge in [0.2, 0.25) is 5.91 Å². The molecular weight excluding hydrogens is 282 g/mol. The molecule has 0 radical (unpaired) electrons. The fraction of sp³-hybridized carbons (Fsp3) is 0.625. The topological polar surface area (TPSA) is 56.1 Å². The monoisotopic (exact) mass is 305 g/mol. The van der Waals surface area contributed by atoms with Crippen LogP contribution in [0.25, 0.3) is 0 Å².